The van der Waals surface area contributed by atoms with Gasteiger partial charge in [0.05, 0.1) is 26.9 Å². The molecule has 1 unspecified atom stereocenters. The molecule has 1 atom stereocenters. The van der Waals surface area contributed by atoms with Crippen molar-refractivity contribution < 1.29 is 14.2 Å². The topological polar surface area (TPSA) is 35.9 Å². The van der Waals surface area contributed by atoms with E-state index in [1.54, 1.807) is 14.2 Å². The van der Waals surface area contributed by atoms with Crippen LogP contribution < -0.4 is 14.2 Å². The van der Waals surface area contributed by atoms with Gasteiger partial charge in [-0.15, -0.1) is 0 Å². The number of hydrogen-bond acceptors (Lipinski definition) is 4. The summed E-state index contributed by atoms with van der Waals surface area (Å²) >= 11 is 0. The van der Waals surface area contributed by atoms with Crippen molar-refractivity contribution in [1.82, 2.24) is 9.47 Å². The first-order valence-corrected chi connectivity index (χ1v) is 10.6. The number of fused-ring (bicyclic) bond motifs is 1. The van der Waals surface area contributed by atoms with E-state index < -0.39 is 0 Å². The number of hydrogen-bond donors (Lipinski definition) is 0. The molecule has 5 heteroatoms. The quantitative estimate of drug-likeness (QED) is 0.559. The van der Waals surface area contributed by atoms with E-state index in [1.807, 2.05) is 13.0 Å². The van der Waals surface area contributed by atoms with Crippen molar-refractivity contribution in [3.63, 3.8) is 0 Å². The second-order valence-electron chi connectivity index (χ2n) is 7.58. The highest BCUT2D eigenvalue weighted by Gasteiger charge is 2.28. The molecule has 0 radical (unpaired) electrons. The largest absolute Gasteiger partial charge is 0.497 e. The summed E-state index contributed by atoms with van der Waals surface area (Å²) in [5.41, 5.74) is 3.76. The Hall–Kier alpha value is -2.92. The molecule has 1 aliphatic rings. The second-order valence-corrected chi connectivity index (χ2v) is 7.58. The van der Waals surface area contributed by atoms with E-state index in [0.717, 1.165) is 43.3 Å². The third-order valence-electron chi connectivity index (χ3n) is 5.66. The first-order valence-electron chi connectivity index (χ1n) is 10.6. The van der Waals surface area contributed by atoms with Gasteiger partial charge in [-0.25, -0.2) is 0 Å². The fraction of sp³-hybridized carbons (Fsp3) is 0.360. The molecule has 1 aliphatic heterocycles. The zero-order valence-electron chi connectivity index (χ0n) is 18.0. The van der Waals surface area contributed by atoms with Gasteiger partial charge in [0.15, 0.2) is 0 Å². The van der Waals surface area contributed by atoms with Gasteiger partial charge in [-0.3, -0.25) is 4.90 Å². The number of aromatic nitrogens is 1. The first kappa shape index (κ1) is 20.4. The zero-order chi connectivity index (χ0) is 20.9. The number of aryl methyl sites for hydroxylation is 1. The smallest absolute Gasteiger partial charge is 0.122 e. The van der Waals surface area contributed by atoms with E-state index in [4.69, 9.17) is 14.2 Å². The van der Waals surface area contributed by atoms with Crippen molar-refractivity contribution in [3.8, 4) is 17.2 Å². The molecular formula is C25H30N2O3. The standard InChI is InChI=1S/C25H30N2O3/c1-4-30-21-10-8-19(9-11-21)18-27-14-6-13-26-12-5-7-24(26)25(27)20-15-22(28-2)17-23(16-20)29-3/h5,7-12,15-17,25H,4,6,13-14,18H2,1-3H3. The van der Waals surface area contributed by atoms with Crippen LogP contribution in [0.4, 0.5) is 0 Å². The SMILES string of the molecule is CCOc1ccc(CN2CCCn3cccc3C2c2cc(OC)cc(OC)c2)cc1. The molecule has 3 aromatic rings. The average Bonchev–Trinajstić information content (AvgIpc) is 3.16. The molecule has 1 aromatic heterocycles. The predicted molar refractivity (Wildman–Crippen MR) is 118 cm³/mol. The van der Waals surface area contributed by atoms with Crippen molar-refractivity contribution in [2.75, 3.05) is 27.4 Å². The average molecular weight is 407 g/mol. The Labute approximate surface area is 178 Å². The van der Waals surface area contributed by atoms with Gasteiger partial charge in [0.25, 0.3) is 0 Å². The van der Waals surface area contributed by atoms with E-state index in [1.165, 1.54) is 16.8 Å². The lowest BCUT2D eigenvalue weighted by Crippen LogP contribution is -2.29. The molecule has 2 aromatic carbocycles. The molecule has 0 saturated heterocycles. The Morgan fingerprint density at radius 2 is 1.63 bits per heavy atom. The van der Waals surface area contributed by atoms with Crippen LogP contribution in [0.3, 0.4) is 0 Å². The molecule has 0 fully saturated rings. The molecule has 0 bridgehead atoms. The Kier molecular flexibility index (Phi) is 6.29. The van der Waals surface area contributed by atoms with E-state index in [-0.39, 0.29) is 6.04 Å². The highest BCUT2D eigenvalue weighted by Crippen LogP contribution is 2.36. The summed E-state index contributed by atoms with van der Waals surface area (Å²) < 4.78 is 19.1. The third kappa shape index (κ3) is 4.31. The number of rotatable bonds is 7. The maximum atomic E-state index is 5.60. The van der Waals surface area contributed by atoms with Gasteiger partial charge in [-0.1, -0.05) is 12.1 Å². The van der Waals surface area contributed by atoms with E-state index >= 15 is 0 Å². The summed E-state index contributed by atoms with van der Waals surface area (Å²) in [5.74, 6) is 2.54. The van der Waals surface area contributed by atoms with Crippen LogP contribution in [-0.4, -0.2) is 36.8 Å². The Bertz CT molecular complexity index is 943. The summed E-state index contributed by atoms with van der Waals surface area (Å²) in [7, 11) is 3.40. The number of ether oxygens (including phenoxy) is 3. The first-order chi connectivity index (χ1) is 14.7. The van der Waals surface area contributed by atoms with E-state index in [0.29, 0.717) is 6.61 Å². The molecule has 5 nitrogen and oxygen atoms in total. The van der Waals surface area contributed by atoms with Crippen LogP contribution >= 0.6 is 0 Å². The molecule has 0 aliphatic carbocycles. The summed E-state index contributed by atoms with van der Waals surface area (Å²) in [5, 5.41) is 0. The fourth-order valence-corrected chi connectivity index (χ4v) is 4.27. The minimum Gasteiger partial charge on any atom is -0.497 e. The fourth-order valence-electron chi connectivity index (χ4n) is 4.27. The molecule has 0 spiro atoms. The van der Waals surface area contributed by atoms with Crippen molar-refractivity contribution in [1.29, 1.82) is 0 Å². The van der Waals surface area contributed by atoms with Gasteiger partial charge in [-0.2, -0.15) is 0 Å². The van der Waals surface area contributed by atoms with Crippen molar-refractivity contribution >= 4 is 0 Å². The van der Waals surface area contributed by atoms with Crippen LogP contribution in [0.1, 0.15) is 36.2 Å². The zero-order valence-corrected chi connectivity index (χ0v) is 18.0. The summed E-state index contributed by atoms with van der Waals surface area (Å²) in [6.07, 6.45) is 3.29. The monoisotopic (exact) mass is 406 g/mol. The van der Waals surface area contributed by atoms with Crippen LogP contribution in [0.5, 0.6) is 17.2 Å². The Morgan fingerprint density at radius 3 is 2.30 bits per heavy atom. The van der Waals surface area contributed by atoms with Gasteiger partial charge in [0, 0.05) is 37.6 Å². The molecule has 158 valence electrons. The highest BCUT2D eigenvalue weighted by atomic mass is 16.5. The predicted octanol–water partition coefficient (Wildman–Crippen LogP) is 4.90. The molecular weight excluding hydrogens is 376 g/mol. The Balaban J connectivity index is 1.71. The Morgan fingerprint density at radius 1 is 0.900 bits per heavy atom. The van der Waals surface area contributed by atoms with Crippen LogP contribution in [0.15, 0.2) is 60.8 Å². The minimum atomic E-state index is 0.123. The number of methoxy groups -OCH3 is 2. The van der Waals surface area contributed by atoms with E-state index in [9.17, 15) is 0 Å². The van der Waals surface area contributed by atoms with Gasteiger partial charge < -0.3 is 18.8 Å². The molecule has 4 rings (SSSR count). The lowest BCUT2D eigenvalue weighted by atomic mass is 10.00. The maximum Gasteiger partial charge on any atom is 0.122 e. The van der Waals surface area contributed by atoms with Crippen LogP contribution in [0.25, 0.3) is 0 Å². The van der Waals surface area contributed by atoms with Crippen LogP contribution in [0.2, 0.25) is 0 Å². The lowest BCUT2D eigenvalue weighted by molar-refractivity contribution is 0.219. The van der Waals surface area contributed by atoms with Crippen molar-refractivity contribution in [2.45, 2.75) is 32.5 Å². The van der Waals surface area contributed by atoms with Crippen molar-refractivity contribution in [3.05, 3.63) is 77.6 Å². The van der Waals surface area contributed by atoms with Gasteiger partial charge in [-0.05, 0) is 60.9 Å². The molecule has 0 amide bonds. The number of benzene rings is 2. The lowest BCUT2D eigenvalue weighted by Gasteiger charge is -2.31. The number of nitrogens with zero attached hydrogens (tertiary/aromatic N) is 2. The molecule has 2 heterocycles. The van der Waals surface area contributed by atoms with Crippen LogP contribution in [-0.2, 0) is 13.1 Å². The second kappa shape index (κ2) is 9.26. The van der Waals surface area contributed by atoms with E-state index in [2.05, 4.69) is 64.2 Å². The highest BCUT2D eigenvalue weighted by molar-refractivity contribution is 5.43. The summed E-state index contributed by atoms with van der Waals surface area (Å²) in [6, 6.07) is 19.1. The normalized spacial score (nSPS) is 16.6. The molecule has 0 N–H and O–H groups in total. The molecule has 30 heavy (non-hydrogen) atoms. The van der Waals surface area contributed by atoms with Crippen molar-refractivity contribution in [2.24, 2.45) is 0 Å². The third-order valence-corrected chi connectivity index (χ3v) is 5.66. The minimum absolute atomic E-state index is 0.123. The van der Waals surface area contributed by atoms with Gasteiger partial charge in [0.2, 0.25) is 0 Å². The van der Waals surface area contributed by atoms with Crippen LogP contribution in [0, 0.1) is 0 Å². The van der Waals surface area contributed by atoms with Gasteiger partial charge >= 0.3 is 0 Å². The maximum absolute atomic E-state index is 5.60. The summed E-state index contributed by atoms with van der Waals surface area (Å²) in [4.78, 5) is 2.54. The summed E-state index contributed by atoms with van der Waals surface area (Å²) in [6.45, 7) is 5.59. The molecule has 0 saturated carbocycles. The van der Waals surface area contributed by atoms with Gasteiger partial charge in [0.1, 0.15) is 17.2 Å².